The van der Waals surface area contributed by atoms with Crippen LogP contribution in [0.2, 0.25) is 0 Å². The minimum atomic E-state index is -1.20. The summed E-state index contributed by atoms with van der Waals surface area (Å²) in [5, 5.41) is 32.6. The van der Waals surface area contributed by atoms with Crippen molar-refractivity contribution < 1.29 is 20.1 Å². The van der Waals surface area contributed by atoms with Crippen molar-refractivity contribution in [3.05, 3.63) is 30.9 Å². The highest BCUT2D eigenvalue weighted by atomic mass is 16.6. The van der Waals surface area contributed by atoms with Crippen molar-refractivity contribution in [3.63, 3.8) is 0 Å². The number of aliphatic hydroxyl groups excluding tert-OH is 3. The van der Waals surface area contributed by atoms with Crippen LogP contribution in [0.25, 0.3) is 11.2 Å². The molecule has 0 spiro atoms. The third-order valence-corrected chi connectivity index (χ3v) is 4.38. The molecule has 3 aromatic heterocycles. The summed E-state index contributed by atoms with van der Waals surface area (Å²) in [6.45, 7) is 0.216. The number of aliphatic hydroxyl groups is 3. The van der Waals surface area contributed by atoms with E-state index in [1.165, 1.54) is 17.2 Å². The minimum absolute atomic E-state index is 0.393. The number of nitrogens with zero attached hydrogens (tertiary/aromatic N) is 5. The Bertz CT molecular complexity index is 868. The number of imidazole rings is 2. The molecule has 3 aromatic rings. The predicted molar refractivity (Wildman–Crippen MR) is 89.1 cm³/mol. The van der Waals surface area contributed by atoms with Gasteiger partial charge in [0.15, 0.2) is 23.2 Å². The lowest BCUT2D eigenvalue weighted by atomic mass is 10.1. The third kappa shape index (κ3) is 2.90. The fourth-order valence-electron chi connectivity index (χ4n) is 3.01. The molecule has 0 aromatic carbocycles. The van der Waals surface area contributed by atoms with Gasteiger partial charge in [0.25, 0.3) is 0 Å². The number of hydrogen-bond acceptors (Lipinski definition) is 9. The molecule has 26 heavy (non-hydrogen) atoms. The quantitative estimate of drug-likeness (QED) is 0.365. The zero-order valence-electron chi connectivity index (χ0n) is 13.7. The van der Waals surface area contributed by atoms with Crippen LogP contribution in [0, 0.1) is 0 Å². The summed E-state index contributed by atoms with van der Waals surface area (Å²) in [7, 11) is 0. The standard InChI is InChI=1S/C15H19N7O4/c23-4-9-11(24)12(25)15(26-9)22-7-21-10-13(19-6-20-14(10)22)17-2-1-8-3-16-5-18-8/h3,5-7,9,11-12,15,23-25H,1-2,4H2,(H,16,18)(H,17,19,20)/t9-,11+,12?,15-/m1/s1. The average Bonchev–Trinajstić information content (AvgIpc) is 3.37. The molecule has 0 aliphatic carbocycles. The van der Waals surface area contributed by atoms with Gasteiger partial charge in [0.05, 0.1) is 25.0 Å². The van der Waals surface area contributed by atoms with E-state index in [9.17, 15) is 15.3 Å². The van der Waals surface area contributed by atoms with E-state index in [1.807, 2.05) is 6.20 Å². The largest absolute Gasteiger partial charge is 0.394 e. The zero-order valence-corrected chi connectivity index (χ0v) is 13.7. The Morgan fingerprint density at radius 2 is 2.08 bits per heavy atom. The van der Waals surface area contributed by atoms with Crippen molar-refractivity contribution >= 4 is 17.0 Å². The van der Waals surface area contributed by atoms with Gasteiger partial charge >= 0.3 is 0 Å². The van der Waals surface area contributed by atoms with Crippen LogP contribution in [0.5, 0.6) is 0 Å². The Hall–Kier alpha value is -2.60. The van der Waals surface area contributed by atoms with E-state index in [4.69, 9.17) is 4.74 Å². The number of H-pyrrole nitrogens is 1. The summed E-state index contributed by atoms with van der Waals surface area (Å²) in [5.74, 6) is 0.552. The summed E-state index contributed by atoms with van der Waals surface area (Å²) in [5.41, 5.74) is 1.91. The second-order valence-electron chi connectivity index (χ2n) is 6.01. The maximum absolute atomic E-state index is 10.2. The van der Waals surface area contributed by atoms with Gasteiger partial charge in [0, 0.05) is 19.2 Å². The molecular weight excluding hydrogens is 342 g/mol. The van der Waals surface area contributed by atoms with E-state index in [2.05, 4.69) is 30.2 Å². The molecule has 0 bridgehead atoms. The molecule has 0 amide bonds. The average molecular weight is 361 g/mol. The highest BCUT2D eigenvalue weighted by Gasteiger charge is 2.44. The molecule has 1 aliphatic heterocycles. The normalized spacial score (nSPS) is 25.8. The number of rotatable bonds is 6. The SMILES string of the molecule is OC[C@H]1O[C@@H](n2cnc3c(NCCc4c[nH]cn4)ncnc32)C(O)[C@H]1O. The van der Waals surface area contributed by atoms with Crippen LogP contribution < -0.4 is 5.32 Å². The number of nitrogens with one attached hydrogen (secondary N) is 2. The Morgan fingerprint density at radius 3 is 2.81 bits per heavy atom. The van der Waals surface area contributed by atoms with Crippen LogP contribution >= 0.6 is 0 Å². The van der Waals surface area contributed by atoms with Crippen LogP contribution in [0.1, 0.15) is 11.9 Å². The number of anilines is 1. The van der Waals surface area contributed by atoms with Crippen molar-refractivity contribution in [1.29, 1.82) is 0 Å². The molecule has 5 N–H and O–H groups in total. The molecule has 0 saturated carbocycles. The molecule has 4 rings (SSSR count). The van der Waals surface area contributed by atoms with Crippen LogP contribution in [-0.4, -0.2) is 76.3 Å². The number of hydrogen-bond donors (Lipinski definition) is 5. The number of aromatic nitrogens is 6. The van der Waals surface area contributed by atoms with Crippen molar-refractivity contribution in [1.82, 2.24) is 29.5 Å². The van der Waals surface area contributed by atoms with Gasteiger partial charge in [-0.3, -0.25) is 4.57 Å². The first-order valence-electron chi connectivity index (χ1n) is 8.20. The maximum Gasteiger partial charge on any atom is 0.167 e. The van der Waals surface area contributed by atoms with E-state index in [-0.39, 0.29) is 0 Å². The van der Waals surface area contributed by atoms with Crippen molar-refractivity contribution in [2.45, 2.75) is 31.0 Å². The summed E-state index contributed by atoms with van der Waals surface area (Å²) in [4.78, 5) is 19.8. The fourth-order valence-corrected chi connectivity index (χ4v) is 3.01. The summed E-state index contributed by atoms with van der Waals surface area (Å²) in [6.07, 6.45) is 2.89. The van der Waals surface area contributed by atoms with E-state index < -0.39 is 31.1 Å². The molecule has 4 heterocycles. The van der Waals surface area contributed by atoms with Gasteiger partial charge in [-0.1, -0.05) is 0 Å². The van der Waals surface area contributed by atoms with Gasteiger partial charge in [-0.05, 0) is 0 Å². The molecule has 11 heteroatoms. The van der Waals surface area contributed by atoms with Crippen LogP contribution in [-0.2, 0) is 11.2 Å². The minimum Gasteiger partial charge on any atom is -0.394 e. The summed E-state index contributed by atoms with van der Waals surface area (Å²) >= 11 is 0. The Balaban J connectivity index is 1.55. The maximum atomic E-state index is 10.2. The van der Waals surface area contributed by atoms with Gasteiger partial charge in [-0.2, -0.15) is 0 Å². The molecule has 4 atom stereocenters. The summed E-state index contributed by atoms with van der Waals surface area (Å²) in [6, 6.07) is 0. The Kier molecular flexibility index (Phi) is 4.51. The molecule has 0 radical (unpaired) electrons. The first-order chi connectivity index (χ1) is 12.7. The van der Waals surface area contributed by atoms with Crippen molar-refractivity contribution in [2.24, 2.45) is 0 Å². The highest BCUT2D eigenvalue weighted by molar-refractivity contribution is 5.82. The number of ether oxygens (including phenoxy) is 1. The van der Waals surface area contributed by atoms with Gasteiger partial charge in [-0.25, -0.2) is 19.9 Å². The zero-order chi connectivity index (χ0) is 18.1. The lowest BCUT2D eigenvalue weighted by molar-refractivity contribution is -0.0511. The second-order valence-corrected chi connectivity index (χ2v) is 6.01. The highest BCUT2D eigenvalue weighted by Crippen LogP contribution is 2.31. The lowest BCUT2D eigenvalue weighted by Gasteiger charge is -2.16. The van der Waals surface area contributed by atoms with Gasteiger partial charge < -0.3 is 30.4 Å². The van der Waals surface area contributed by atoms with E-state index in [0.717, 1.165) is 5.69 Å². The monoisotopic (exact) mass is 361 g/mol. The molecule has 1 fully saturated rings. The van der Waals surface area contributed by atoms with Crippen LogP contribution in [0.15, 0.2) is 25.2 Å². The van der Waals surface area contributed by atoms with Gasteiger partial charge in [0.2, 0.25) is 0 Å². The first kappa shape index (κ1) is 16.8. The van der Waals surface area contributed by atoms with Crippen molar-refractivity contribution in [2.75, 3.05) is 18.5 Å². The fraction of sp³-hybridized carbons (Fsp3) is 0.467. The molecule has 1 saturated heterocycles. The number of aromatic amines is 1. The lowest BCUT2D eigenvalue weighted by Crippen LogP contribution is -2.33. The van der Waals surface area contributed by atoms with E-state index >= 15 is 0 Å². The Morgan fingerprint density at radius 1 is 1.19 bits per heavy atom. The molecular formula is C15H19N7O4. The number of fused-ring (bicyclic) bond motifs is 1. The van der Waals surface area contributed by atoms with Crippen molar-refractivity contribution in [3.8, 4) is 0 Å². The van der Waals surface area contributed by atoms with Gasteiger partial charge in [-0.15, -0.1) is 0 Å². The topological polar surface area (TPSA) is 154 Å². The van der Waals surface area contributed by atoms with Crippen LogP contribution in [0.4, 0.5) is 5.82 Å². The molecule has 138 valence electrons. The van der Waals surface area contributed by atoms with Gasteiger partial charge in [0.1, 0.15) is 24.6 Å². The molecule has 11 nitrogen and oxygen atoms in total. The molecule has 1 unspecified atom stereocenters. The molecule has 1 aliphatic rings. The Labute approximate surface area is 147 Å². The first-order valence-corrected chi connectivity index (χ1v) is 8.20. The second kappa shape index (κ2) is 6.96. The predicted octanol–water partition coefficient (Wildman–Crippen LogP) is -1.18. The third-order valence-electron chi connectivity index (χ3n) is 4.38. The van der Waals surface area contributed by atoms with E-state index in [1.54, 1.807) is 6.33 Å². The smallest absolute Gasteiger partial charge is 0.167 e. The summed E-state index contributed by atoms with van der Waals surface area (Å²) < 4.78 is 7.07. The van der Waals surface area contributed by atoms with Crippen LogP contribution in [0.3, 0.4) is 0 Å². The van der Waals surface area contributed by atoms with E-state index in [0.29, 0.717) is 29.9 Å².